The van der Waals surface area contributed by atoms with Crippen molar-refractivity contribution in [3.8, 4) is 0 Å². The van der Waals surface area contributed by atoms with E-state index in [1.807, 2.05) is 12.3 Å². The van der Waals surface area contributed by atoms with Gasteiger partial charge in [-0.2, -0.15) is 4.98 Å². The van der Waals surface area contributed by atoms with Crippen molar-refractivity contribution in [2.45, 2.75) is 39.3 Å². The van der Waals surface area contributed by atoms with Gasteiger partial charge in [-0.25, -0.2) is 4.98 Å². The highest BCUT2D eigenvalue weighted by Crippen LogP contribution is 2.20. The molecule has 2 fully saturated rings. The molecule has 0 amide bonds. The number of nitrogens with one attached hydrogen (secondary N) is 1. The molecule has 1 aromatic heterocycles. The Hall–Kier alpha value is -2.18. The first-order valence-corrected chi connectivity index (χ1v) is 10.4. The van der Waals surface area contributed by atoms with Crippen LogP contribution in [0.3, 0.4) is 0 Å². The van der Waals surface area contributed by atoms with Crippen LogP contribution >= 0.6 is 0 Å². The molecule has 1 aromatic carbocycles. The third-order valence-electron chi connectivity index (χ3n) is 5.69. The molecule has 1 atom stereocenters. The zero-order valence-corrected chi connectivity index (χ0v) is 17.0. The van der Waals surface area contributed by atoms with Crippen LogP contribution < -0.4 is 10.2 Å². The second-order valence-corrected chi connectivity index (χ2v) is 7.99. The summed E-state index contributed by atoms with van der Waals surface area (Å²) in [6.45, 7) is 10.8. The molecule has 2 saturated heterocycles. The summed E-state index contributed by atoms with van der Waals surface area (Å²) < 4.78 is 5.43. The highest BCUT2D eigenvalue weighted by molar-refractivity contribution is 5.42. The number of hydrogen-bond acceptors (Lipinski definition) is 6. The molecule has 0 aliphatic carbocycles. The first-order valence-electron chi connectivity index (χ1n) is 10.4. The number of nitrogens with zero attached hydrogens (tertiary/aromatic N) is 4. The maximum absolute atomic E-state index is 5.43. The van der Waals surface area contributed by atoms with Crippen molar-refractivity contribution < 1.29 is 4.74 Å². The van der Waals surface area contributed by atoms with Crippen molar-refractivity contribution in [1.82, 2.24) is 14.9 Å². The van der Waals surface area contributed by atoms with E-state index in [1.165, 1.54) is 29.5 Å². The monoisotopic (exact) mass is 381 g/mol. The van der Waals surface area contributed by atoms with Gasteiger partial charge in [-0.3, -0.25) is 4.90 Å². The maximum atomic E-state index is 5.43. The number of rotatable bonds is 5. The molecule has 6 heteroatoms. The summed E-state index contributed by atoms with van der Waals surface area (Å²) >= 11 is 0. The van der Waals surface area contributed by atoms with Crippen molar-refractivity contribution in [2.24, 2.45) is 0 Å². The third kappa shape index (κ3) is 4.80. The maximum Gasteiger partial charge on any atom is 0.227 e. The number of likely N-dealkylation sites (tertiary alicyclic amines) is 1. The molecule has 1 N–H and O–H groups in total. The number of ether oxygens (including phenoxy) is 1. The molecule has 2 aliphatic heterocycles. The second-order valence-electron chi connectivity index (χ2n) is 7.99. The van der Waals surface area contributed by atoms with Gasteiger partial charge in [-0.15, -0.1) is 0 Å². The predicted octanol–water partition coefficient (Wildman–Crippen LogP) is 3.01. The lowest BCUT2D eigenvalue weighted by atomic mass is 10.0. The lowest BCUT2D eigenvalue weighted by molar-refractivity contribution is 0.122. The molecule has 1 unspecified atom stereocenters. The SMILES string of the molecule is Cc1ccc(CN2CCCC(Nc3ccnc(N4CCOCC4)n3)C2)c(C)c1. The largest absolute Gasteiger partial charge is 0.378 e. The fraction of sp³-hybridized carbons (Fsp3) is 0.545. The lowest BCUT2D eigenvalue weighted by Crippen LogP contribution is -2.42. The van der Waals surface area contributed by atoms with Gasteiger partial charge in [0.05, 0.1) is 13.2 Å². The Morgan fingerprint density at radius 2 is 2.00 bits per heavy atom. The van der Waals surface area contributed by atoms with Crippen LogP contribution in [0.15, 0.2) is 30.5 Å². The van der Waals surface area contributed by atoms with Crippen LogP contribution in [0.2, 0.25) is 0 Å². The quantitative estimate of drug-likeness (QED) is 0.859. The predicted molar refractivity (Wildman–Crippen MR) is 113 cm³/mol. The number of piperidine rings is 1. The van der Waals surface area contributed by atoms with Crippen LogP contribution in [-0.2, 0) is 11.3 Å². The van der Waals surface area contributed by atoms with E-state index in [1.54, 1.807) is 0 Å². The number of aromatic nitrogens is 2. The van der Waals surface area contributed by atoms with E-state index in [0.29, 0.717) is 6.04 Å². The number of benzene rings is 1. The zero-order valence-electron chi connectivity index (χ0n) is 17.0. The van der Waals surface area contributed by atoms with Crippen molar-refractivity contribution in [3.63, 3.8) is 0 Å². The minimum atomic E-state index is 0.423. The lowest BCUT2D eigenvalue weighted by Gasteiger charge is -2.34. The number of hydrogen-bond donors (Lipinski definition) is 1. The van der Waals surface area contributed by atoms with Crippen LogP contribution in [0, 0.1) is 13.8 Å². The molecule has 2 aromatic rings. The first kappa shape index (κ1) is 19.2. The Kier molecular flexibility index (Phi) is 6.07. The summed E-state index contributed by atoms with van der Waals surface area (Å²) in [4.78, 5) is 14.0. The van der Waals surface area contributed by atoms with Crippen molar-refractivity contribution in [3.05, 3.63) is 47.2 Å². The minimum absolute atomic E-state index is 0.423. The molecule has 0 bridgehead atoms. The summed E-state index contributed by atoms with van der Waals surface area (Å²) in [7, 11) is 0. The topological polar surface area (TPSA) is 53.5 Å². The van der Waals surface area contributed by atoms with Gasteiger partial charge in [0, 0.05) is 38.4 Å². The summed E-state index contributed by atoms with van der Waals surface area (Å²) in [5.41, 5.74) is 4.16. The number of anilines is 2. The Bertz CT molecular complexity index is 790. The van der Waals surface area contributed by atoms with Crippen LogP contribution in [0.5, 0.6) is 0 Å². The van der Waals surface area contributed by atoms with E-state index in [-0.39, 0.29) is 0 Å². The van der Waals surface area contributed by atoms with Crippen LogP contribution in [0.1, 0.15) is 29.5 Å². The highest BCUT2D eigenvalue weighted by Gasteiger charge is 2.21. The fourth-order valence-corrected chi connectivity index (χ4v) is 4.13. The minimum Gasteiger partial charge on any atom is -0.378 e. The summed E-state index contributed by atoms with van der Waals surface area (Å²) in [5, 5.41) is 3.65. The fourth-order valence-electron chi connectivity index (χ4n) is 4.13. The summed E-state index contributed by atoms with van der Waals surface area (Å²) in [6, 6.07) is 9.18. The van der Waals surface area contributed by atoms with Crippen molar-refractivity contribution in [1.29, 1.82) is 0 Å². The Morgan fingerprint density at radius 3 is 2.82 bits per heavy atom. The molecule has 0 radical (unpaired) electrons. The third-order valence-corrected chi connectivity index (χ3v) is 5.69. The van der Waals surface area contributed by atoms with Gasteiger partial charge in [-0.05, 0) is 50.4 Å². The molecule has 3 heterocycles. The Balaban J connectivity index is 1.37. The highest BCUT2D eigenvalue weighted by atomic mass is 16.5. The molecule has 28 heavy (non-hydrogen) atoms. The summed E-state index contributed by atoms with van der Waals surface area (Å²) in [6.07, 6.45) is 4.25. The van der Waals surface area contributed by atoms with E-state index in [0.717, 1.165) is 57.7 Å². The van der Waals surface area contributed by atoms with Gasteiger partial charge < -0.3 is 15.0 Å². The van der Waals surface area contributed by atoms with Crippen molar-refractivity contribution in [2.75, 3.05) is 49.6 Å². The van der Waals surface area contributed by atoms with Gasteiger partial charge in [0.2, 0.25) is 5.95 Å². The van der Waals surface area contributed by atoms with Gasteiger partial charge >= 0.3 is 0 Å². The zero-order chi connectivity index (χ0) is 19.3. The van der Waals surface area contributed by atoms with Gasteiger partial charge in [0.1, 0.15) is 5.82 Å². The smallest absolute Gasteiger partial charge is 0.227 e. The van der Waals surface area contributed by atoms with E-state index >= 15 is 0 Å². The molecule has 0 saturated carbocycles. The number of morpholine rings is 1. The molecule has 6 nitrogen and oxygen atoms in total. The van der Waals surface area contributed by atoms with Gasteiger partial charge in [-0.1, -0.05) is 23.8 Å². The molecule has 150 valence electrons. The normalized spacial score (nSPS) is 20.9. The van der Waals surface area contributed by atoms with E-state index in [4.69, 9.17) is 9.72 Å². The van der Waals surface area contributed by atoms with Gasteiger partial charge in [0.15, 0.2) is 0 Å². The van der Waals surface area contributed by atoms with E-state index in [9.17, 15) is 0 Å². The molecule has 4 rings (SSSR count). The van der Waals surface area contributed by atoms with Crippen LogP contribution in [-0.4, -0.2) is 60.3 Å². The van der Waals surface area contributed by atoms with Crippen LogP contribution in [0.4, 0.5) is 11.8 Å². The molecule has 2 aliphatic rings. The number of aryl methyl sites for hydroxylation is 2. The van der Waals surface area contributed by atoms with Crippen LogP contribution in [0.25, 0.3) is 0 Å². The van der Waals surface area contributed by atoms with E-state index < -0.39 is 0 Å². The standard InChI is InChI=1S/C22H31N5O/c1-17-5-6-19(18(2)14-17)15-26-9-3-4-20(16-26)24-21-7-8-23-22(25-21)27-10-12-28-13-11-27/h5-8,14,20H,3-4,9-13,15-16H2,1-2H3,(H,23,24,25). The Morgan fingerprint density at radius 1 is 1.14 bits per heavy atom. The summed E-state index contributed by atoms with van der Waals surface area (Å²) in [5.74, 6) is 1.73. The van der Waals surface area contributed by atoms with Gasteiger partial charge in [0.25, 0.3) is 0 Å². The Labute approximate surface area is 167 Å². The first-order chi connectivity index (χ1) is 13.7. The molecule has 0 spiro atoms. The average Bonchev–Trinajstić information content (AvgIpc) is 2.71. The van der Waals surface area contributed by atoms with Crippen molar-refractivity contribution >= 4 is 11.8 Å². The molecular weight excluding hydrogens is 350 g/mol. The average molecular weight is 382 g/mol. The van der Waals surface area contributed by atoms with E-state index in [2.05, 4.69) is 52.1 Å². The molecular formula is C22H31N5O. The second kappa shape index (κ2) is 8.88.